The van der Waals surface area contributed by atoms with Crippen LogP contribution >= 0.6 is 11.6 Å². The second-order valence-electron chi connectivity index (χ2n) is 5.59. The number of carboxylic acid groups (broad SMARTS) is 1. The SMILES string of the molecule is CC(NC(=O)C1CC(=O)N(CCOc2ccccc2Cl)C1)C(=O)O. The maximum atomic E-state index is 12.0. The normalized spacial score (nSPS) is 18.3. The molecule has 8 heteroatoms. The molecule has 1 aromatic carbocycles. The van der Waals surface area contributed by atoms with Crippen LogP contribution in [0.5, 0.6) is 5.75 Å². The van der Waals surface area contributed by atoms with Crippen LogP contribution in [0, 0.1) is 5.92 Å². The van der Waals surface area contributed by atoms with E-state index >= 15 is 0 Å². The van der Waals surface area contributed by atoms with E-state index in [9.17, 15) is 14.4 Å². The molecule has 0 saturated carbocycles. The Kier molecular flexibility index (Phi) is 6.03. The van der Waals surface area contributed by atoms with E-state index in [4.69, 9.17) is 21.4 Å². The van der Waals surface area contributed by atoms with E-state index < -0.39 is 23.8 Å². The summed E-state index contributed by atoms with van der Waals surface area (Å²) in [5, 5.41) is 11.7. The fourth-order valence-electron chi connectivity index (χ4n) is 2.38. The zero-order valence-electron chi connectivity index (χ0n) is 13.2. The van der Waals surface area contributed by atoms with Gasteiger partial charge in [-0.25, -0.2) is 0 Å². The van der Waals surface area contributed by atoms with Crippen molar-refractivity contribution >= 4 is 29.4 Å². The van der Waals surface area contributed by atoms with Gasteiger partial charge in [-0.15, -0.1) is 0 Å². The zero-order valence-corrected chi connectivity index (χ0v) is 14.0. The van der Waals surface area contributed by atoms with Gasteiger partial charge in [0.1, 0.15) is 18.4 Å². The van der Waals surface area contributed by atoms with Crippen LogP contribution in [0.3, 0.4) is 0 Å². The van der Waals surface area contributed by atoms with Crippen molar-refractivity contribution in [3.8, 4) is 5.75 Å². The fraction of sp³-hybridized carbons (Fsp3) is 0.438. The summed E-state index contributed by atoms with van der Waals surface area (Å²) >= 11 is 5.98. The molecule has 1 fully saturated rings. The molecule has 0 spiro atoms. The molecular formula is C16H19ClN2O5. The van der Waals surface area contributed by atoms with Crippen molar-refractivity contribution < 1.29 is 24.2 Å². The van der Waals surface area contributed by atoms with E-state index in [-0.39, 0.29) is 25.5 Å². The van der Waals surface area contributed by atoms with Crippen LogP contribution in [0.1, 0.15) is 13.3 Å². The summed E-state index contributed by atoms with van der Waals surface area (Å²) in [6.07, 6.45) is 0.0737. The van der Waals surface area contributed by atoms with Gasteiger partial charge in [-0.3, -0.25) is 14.4 Å². The molecule has 1 saturated heterocycles. The number of rotatable bonds is 7. The third-order valence-corrected chi connectivity index (χ3v) is 4.08. The first-order valence-corrected chi connectivity index (χ1v) is 7.94. The highest BCUT2D eigenvalue weighted by Gasteiger charge is 2.35. The van der Waals surface area contributed by atoms with Gasteiger partial charge in [-0.1, -0.05) is 23.7 Å². The lowest BCUT2D eigenvalue weighted by Crippen LogP contribution is -2.42. The molecular weight excluding hydrogens is 336 g/mol. The van der Waals surface area contributed by atoms with Gasteiger partial charge < -0.3 is 20.1 Å². The molecule has 0 radical (unpaired) electrons. The van der Waals surface area contributed by atoms with E-state index in [1.54, 1.807) is 24.3 Å². The Morgan fingerprint density at radius 2 is 2.17 bits per heavy atom. The number of carbonyl (C=O) groups is 3. The molecule has 2 atom stereocenters. The molecule has 7 nitrogen and oxygen atoms in total. The Morgan fingerprint density at radius 1 is 1.46 bits per heavy atom. The highest BCUT2D eigenvalue weighted by molar-refractivity contribution is 6.32. The van der Waals surface area contributed by atoms with Gasteiger partial charge in [0, 0.05) is 13.0 Å². The van der Waals surface area contributed by atoms with Crippen molar-refractivity contribution in [1.82, 2.24) is 10.2 Å². The average Bonchev–Trinajstić information content (AvgIpc) is 2.90. The Morgan fingerprint density at radius 3 is 2.83 bits per heavy atom. The summed E-state index contributed by atoms with van der Waals surface area (Å²) in [5.41, 5.74) is 0. The van der Waals surface area contributed by atoms with Crippen LogP contribution in [0.2, 0.25) is 5.02 Å². The molecule has 0 bridgehead atoms. The summed E-state index contributed by atoms with van der Waals surface area (Å²) in [4.78, 5) is 36.3. The Bertz CT molecular complexity index is 637. The van der Waals surface area contributed by atoms with Gasteiger partial charge >= 0.3 is 5.97 Å². The van der Waals surface area contributed by atoms with E-state index in [0.717, 1.165) is 0 Å². The van der Waals surface area contributed by atoms with Gasteiger partial charge in [0.15, 0.2) is 0 Å². The summed E-state index contributed by atoms with van der Waals surface area (Å²) < 4.78 is 5.53. The number of para-hydroxylation sites is 1. The number of likely N-dealkylation sites (tertiary alicyclic amines) is 1. The highest BCUT2D eigenvalue weighted by Crippen LogP contribution is 2.23. The number of nitrogens with zero attached hydrogens (tertiary/aromatic N) is 1. The molecule has 1 aliphatic rings. The minimum atomic E-state index is -1.11. The number of carbonyl (C=O) groups excluding carboxylic acids is 2. The predicted octanol–water partition coefficient (Wildman–Crippen LogP) is 1.16. The number of benzene rings is 1. The summed E-state index contributed by atoms with van der Waals surface area (Å²) in [6, 6.07) is 6.05. The lowest BCUT2D eigenvalue weighted by atomic mass is 10.1. The molecule has 0 aliphatic carbocycles. The number of hydrogen-bond donors (Lipinski definition) is 2. The first-order valence-electron chi connectivity index (χ1n) is 7.56. The van der Waals surface area contributed by atoms with Crippen LogP contribution in [0.4, 0.5) is 0 Å². The van der Waals surface area contributed by atoms with Crippen LogP contribution < -0.4 is 10.1 Å². The second-order valence-corrected chi connectivity index (χ2v) is 6.00. The minimum Gasteiger partial charge on any atom is -0.490 e. The van der Waals surface area contributed by atoms with Crippen molar-refractivity contribution in [2.24, 2.45) is 5.92 Å². The number of nitrogens with one attached hydrogen (secondary N) is 1. The number of hydrogen-bond acceptors (Lipinski definition) is 4. The molecule has 130 valence electrons. The lowest BCUT2D eigenvalue weighted by molar-refractivity contribution is -0.141. The maximum Gasteiger partial charge on any atom is 0.325 e. The van der Waals surface area contributed by atoms with Crippen LogP contribution in [0.25, 0.3) is 0 Å². The monoisotopic (exact) mass is 354 g/mol. The number of amides is 2. The number of carboxylic acids is 1. The predicted molar refractivity (Wildman–Crippen MR) is 86.9 cm³/mol. The smallest absolute Gasteiger partial charge is 0.325 e. The zero-order chi connectivity index (χ0) is 17.7. The molecule has 1 aliphatic heterocycles. The van der Waals surface area contributed by atoms with E-state index in [2.05, 4.69) is 5.32 Å². The van der Waals surface area contributed by atoms with Gasteiger partial charge in [-0.05, 0) is 19.1 Å². The quantitative estimate of drug-likeness (QED) is 0.766. The molecule has 24 heavy (non-hydrogen) atoms. The second kappa shape index (κ2) is 8.01. The van der Waals surface area contributed by atoms with Crippen molar-refractivity contribution in [3.63, 3.8) is 0 Å². The van der Waals surface area contributed by atoms with Gasteiger partial charge in [0.2, 0.25) is 11.8 Å². The highest BCUT2D eigenvalue weighted by atomic mass is 35.5. The van der Waals surface area contributed by atoms with Gasteiger partial charge in [-0.2, -0.15) is 0 Å². The standard InChI is InChI=1S/C16H19ClN2O5/c1-10(16(22)23)18-15(21)11-8-14(20)19(9-11)6-7-24-13-5-3-2-4-12(13)17/h2-5,10-11H,6-9H2,1H3,(H,18,21)(H,22,23). The van der Waals surface area contributed by atoms with Crippen LogP contribution in [-0.4, -0.2) is 53.5 Å². The van der Waals surface area contributed by atoms with E-state index in [1.165, 1.54) is 11.8 Å². The van der Waals surface area contributed by atoms with Gasteiger partial charge in [0.25, 0.3) is 0 Å². The van der Waals surface area contributed by atoms with Crippen molar-refractivity contribution in [2.75, 3.05) is 19.7 Å². The summed E-state index contributed by atoms with van der Waals surface area (Å²) in [6.45, 7) is 2.23. The first kappa shape index (κ1) is 18.1. The van der Waals surface area contributed by atoms with E-state index in [0.29, 0.717) is 17.3 Å². The minimum absolute atomic E-state index is 0.0737. The Hall–Kier alpha value is -2.28. The number of aliphatic carboxylic acids is 1. The molecule has 2 amide bonds. The number of ether oxygens (including phenoxy) is 1. The Balaban J connectivity index is 1.81. The summed E-state index contributed by atoms with van der Waals surface area (Å²) in [7, 11) is 0. The average molecular weight is 355 g/mol. The fourth-order valence-corrected chi connectivity index (χ4v) is 2.57. The third-order valence-electron chi connectivity index (χ3n) is 3.77. The summed E-state index contributed by atoms with van der Waals surface area (Å²) in [5.74, 6) is -1.69. The molecule has 2 N–H and O–H groups in total. The number of halogens is 1. The molecule has 2 rings (SSSR count). The van der Waals surface area contributed by atoms with Crippen molar-refractivity contribution in [3.05, 3.63) is 29.3 Å². The van der Waals surface area contributed by atoms with Crippen LogP contribution in [0.15, 0.2) is 24.3 Å². The topological polar surface area (TPSA) is 95.9 Å². The largest absolute Gasteiger partial charge is 0.490 e. The molecule has 1 aromatic rings. The van der Waals surface area contributed by atoms with Crippen molar-refractivity contribution in [1.29, 1.82) is 0 Å². The van der Waals surface area contributed by atoms with Gasteiger partial charge in [0.05, 0.1) is 17.5 Å². The lowest BCUT2D eigenvalue weighted by Gasteiger charge is -2.17. The van der Waals surface area contributed by atoms with Crippen LogP contribution in [-0.2, 0) is 14.4 Å². The van der Waals surface area contributed by atoms with Crippen molar-refractivity contribution in [2.45, 2.75) is 19.4 Å². The van der Waals surface area contributed by atoms with E-state index in [1.807, 2.05) is 0 Å². The third kappa shape index (κ3) is 4.61. The molecule has 2 unspecified atom stereocenters. The Labute approximate surface area is 144 Å². The molecule has 1 heterocycles. The maximum absolute atomic E-state index is 12.0. The first-order chi connectivity index (χ1) is 11.4. The molecule has 0 aromatic heterocycles.